The third-order valence-electron chi connectivity index (χ3n) is 3.21. The highest BCUT2D eigenvalue weighted by Gasteiger charge is 2.31. The highest BCUT2D eigenvalue weighted by Crippen LogP contribution is 2.40. The molecule has 86 valence electrons. The van der Waals surface area contributed by atoms with Crippen LogP contribution in [0.15, 0.2) is 18.3 Å². The largest absolute Gasteiger partial charge is 0.381 e. The molecule has 1 aliphatic rings. The first-order valence-corrected chi connectivity index (χ1v) is 5.43. The van der Waals surface area contributed by atoms with Crippen molar-refractivity contribution in [3.05, 3.63) is 28.4 Å². The molecule has 0 saturated heterocycles. The van der Waals surface area contributed by atoms with Gasteiger partial charge in [-0.1, -0.05) is 13.3 Å². The van der Waals surface area contributed by atoms with Crippen LogP contribution in [-0.2, 0) is 0 Å². The summed E-state index contributed by atoms with van der Waals surface area (Å²) in [6, 6.07) is 3.12. The van der Waals surface area contributed by atoms with Crippen LogP contribution in [0.5, 0.6) is 0 Å². The number of anilines is 1. The quantitative estimate of drug-likeness (QED) is 0.626. The second kappa shape index (κ2) is 4.08. The van der Waals surface area contributed by atoms with Crippen LogP contribution in [0, 0.1) is 15.5 Å². The zero-order chi connectivity index (χ0) is 11.6. The van der Waals surface area contributed by atoms with Crippen LogP contribution in [-0.4, -0.2) is 16.5 Å². The lowest BCUT2D eigenvalue weighted by Gasteiger charge is -2.38. The molecule has 0 aliphatic heterocycles. The van der Waals surface area contributed by atoms with Crippen molar-refractivity contribution in [2.24, 2.45) is 5.41 Å². The van der Waals surface area contributed by atoms with Gasteiger partial charge in [-0.2, -0.15) is 0 Å². The van der Waals surface area contributed by atoms with Crippen molar-refractivity contribution in [1.29, 1.82) is 0 Å². The fourth-order valence-corrected chi connectivity index (χ4v) is 1.87. The fourth-order valence-electron chi connectivity index (χ4n) is 1.87. The van der Waals surface area contributed by atoms with Gasteiger partial charge in [-0.3, -0.25) is 0 Å². The topological polar surface area (TPSA) is 68.1 Å². The number of nitrogens with one attached hydrogen (secondary N) is 1. The van der Waals surface area contributed by atoms with Crippen molar-refractivity contribution < 1.29 is 4.92 Å². The summed E-state index contributed by atoms with van der Waals surface area (Å²) in [5.74, 6) is -0.111. The first kappa shape index (κ1) is 10.9. The molecule has 1 aromatic heterocycles. The number of hydrogen-bond donors (Lipinski definition) is 1. The smallest absolute Gasteiger partial charge is 0.363 e. The average molecular weight is 221 g/mol. The molecule has 0 aromatic carbocycles. The minimum atomic E-state index is -0.489. The molecule has 5 nitrogen and oxygen atoms in total. The van der Waals surface area contributed by atoms with E-state index in [1.54, 1.807) is 6.07 Å². The van der Waals surface area contributed by atoms with Crippen LogP contribution < -0.4 is 5.32 Å². The van der Waals surface area contributed by atoms with E-state index in [1.807, 2.05) is 0 Å². The third kappa shape index (κ3) is 2.29. The minimum Gasteiger partial charge on any atom is -0.381 e. The Hall–Kier alpha value is -1.65. The number of nitrogens with zero attached hydrogens (tertiary/aromatic N) is 2. The summed E-state index contributed by atoms with van der Waals surface area (Å²) in [6.45, 7) is 3.16. The van der Waals surface area contributed by atoms with Crippen molar-refractivity contribution in [3.8, 4) is 0 Å². The van der Waals surface area contributed by atoms with Crippen LogP contribution in [0.4, 0.5) is 11.5 Å². The first-order chi connectivity index (χ1) is 7.59. The second-order valence-corrected chi connectivity index (χ2v) is 4.68. The minimum absolute atomic E-state index is 0.111. The Labute approximate surface area is 94.0 Å². The molecule has 1 heterocycles. The Bertz CT molecular complexity index is 385. The van der Waals surface area contributed by atoms with Gasteiger partial charge in [0.1, 0.15) is 0 Å². The van der Waals surface area contributed by atoms with E-state index in [0.717, 1.165) is 12.2 Å². The van der Waals surface area contributed by atoms with E-state index in [-0.39, 0.29) is 5.82 Å². The Balaban J connectivity index is 1.92. The summed E-state index contributed by atoms with van der Waals surface area (Å²) in [5.41, 5.74) is 1.24. The van der Waals surface area contributed by atoms with Crippen LogP contribution in [0.1, 0.15) is 26.2 Å². The lowest BCUT2D eigenvalue weighted by Crippen LogP contribution is -2.33. The molecule has 0 spiro atoms. The van der Waals surface area contributed by atoms with Crippen LogP contribution in [0.25, 0.3) is 0 Å². The summed E-state index contributed by atoms with van der Waals surface area (Å²) >= 11 is 0. The molecule has 0 amide bonds. The standard InChI is InChI=1S/C11H15N3O2/c1-11(5-2-6-11)8-13-9-3-4-10(12-7-9)14(15)16/h3-4,7,13H,2,5-6,8H2,1H3. The van der Waals surface area contributed by atoms with Gasteiger partial charge in [0.25, 0.3) is 0 Å². The monoisotopic (exact) mass is 221 g/mol. The summed E-state index contributed by atoms with van der Waals surface area (Å²) in [6.07, 6.45) is 5.32. The highest BCUT2D eigenvalue weighted by molar-refractivity contribution is 5.43. The van der Waals surface area contributed by atoms with Gasteiger partial charge in [0.05, 0.1) is 5.69 Å². The van der Waals surface area contributed by atoms with E-state index >= 15 is 0 Å². The van der Waals surface area contributed by atoms with Gasteiger partial charge in [0, 0.05) is 12.6 Å². The van der Waals surface area contributed by atoms with Crippen molar-refractivity contribution >= 4 is 11.5 Å². The van der Waals surface area contributed by atoms with E-state index in [1.165, 1.54) is 31.5 Å². The van der Waals surface area contributed by atoms with E-state index in [0.29, 0.717) is 5.41 Å². The van der Waals surface area contributed by atoms with Gasteiger partial charge in [-0.15, -0.1) is 0 Å². The van der Waals surface area contributed by atoms with Crippen LogP contribution in [0.2, 0.25) is 0 Å². The van der Waals surface area contributed by atoms with Crippen LogP contribution in [0.3, 0.4) is 0 Å². The molecule has 0 unspecified atom stereocenters. The van der Waals surface area contributed by atoms with E-state index in [2.05, 4.69) is 17.2 Å². The number of pyridine rings is 1. The van der Waals surface area contributed by atoms with E-state index in [9.17, 15) is 10.1 Å². The lowest BCUT2D eigenvalue weighted by molar-refractivity contribution is -0.389. The third-order valence-corrected chi connectivity index (χ3v) is 3.21. The van der Waals surface area contributed by atoms with Crippen molar-refractivity contribution in [1.82, 2.24) is 4.98 Å². The molecule has 1 aliphatic carbocycles. The van der Waals surface area contributed by atoms with Crippen LogP contribution >= 0.6 is 0 Å². The Morgan fingerprint density at radius 2 is 2.31 bits per heavy atom. The molecule has 5 heteroatoms. The predicted octanol–water partition coefficient (Wildman–Crippen LogP) is 2.59. The summed E-state index contributed by atoms with van der Waals surface area (Å²) in [7, 11) is 0. The molecular formula is C11H15N3O2. The molecule has 0 atom stereocenters. The maximum absolute atomic E-state index is 10.4. The summed E-state index contributed by atoms with van der Waals surface area (Å²) in [4.78, 5) is 13.7. The molecule has 1 N–H and O–H groups in total. The maximum Gasteiger partial charge on any atom is 0.363 e. The summed E-state index contributed by atoms with van der Waals surface area (Å²) < 4.78 is 0. The highest BCUT2D eigenvalue weighted by atomic mass is 16.6. The van der Waals surface area contributed by atoms with Gasteiger partial charge in [-0.25, -0.2) is 0 Å². The maximum atomic E-state index is 10.4. The molecule has 1 aromatic rings. The van der Waals surface area contributed by atoms with Gasteiger partial charge in [-0.05, 0) is 34.2 Å². The van der Waals surface area contributed by atoms with Gasteiger partial charge in [0.15, 0.2) is 6.20 Å². The molecule has 0 radical (unpaired) electrons. The number of rotatable bonds is 4. The zero-order valence-corrected chi connectivity index (χ0v) is 9.27. The first-order valence-electron chi connectivity index (χ1n) is 5.43. The Kier molecular flexibility index (Phi) is 2.77. The number of hydrogen-bond acceptors (Lipinski definition) is 4. The normalized spacial score (nSPS) is 17.6. The molecular weight excluding hydrogens is 206 g/mol. The molecule has 16 heavy (non-hydrogen) atoms. The van der Waals surface area contributed by atoms with Crippen molar-refractivity contribution in [2.45, 2.75) is 26.2 Å². The van der Waals surface area contributed by atoms with Gasteiger partial charge < -0.3 is 15.4 Å². The molecule has 1 saturated carbocycles. The van der Waals surface area contributed by atoms with Crippen molar-refractivity contribution in [3.63, 3.8) is 0 Å². The molecule has 0 bridgehead atoms. The Morgan fingerprint density at radius 1 is 1.56 bits per heavy atom. The second-order valence-electron chi connectivity index (χ2n) is 4.68. The van der Waals surface area contributed by atoms with E-state index in [4.69, 9.17) is 0 Å². The van der Waals surface area contributed by atoms with Crippen molar-refractivity contribution in [2.75, 3.05) is 11.9 Å². The average Bonchev–Trinajstić information content (AvgIpc) is 2.24. The van der Waals surface area contributed by atoms with Gasteiger partial charge >= 0.3 is 5.82 Å². The number of aromatic nitrogens is 1. The number of nitro groups is 1. The molecule has 1 fully saturated rings. The SMILES string of the molecule is CC1(CNc2ccc([N+](=O)[O-])nc2)CCC1. The molecule has 2 rings (SSSR count). The Morgan fingerprint density at radius 3 is 2.75 bits per heavy atom. The fraction of sp³-hybridized carbons (Fsp3) is 0.545. The lowest BCUT2D eigenvalue weighted by atomic mass is 9.70. The van der Waals surface area contributed by atoms with E-state index < -0.39 is 4.92 Å². The zero-order valence-electron chi connectivity index (χ0n) is 9.27. The van der Waals surface area contributed by atoms with Gasteiger partial charge in [0.2, 0.25) is 0 Å². The summed E-state index contributed by atoms with van der Waals surface area (Å²) in [5, 5.41) is 13.7. The predicted molar refractivity (Wildman–Crippen MR) is 61.3 cm³/mol.